The van der Waals surface area contributed by atoms with E-state index in [2.05, 4.69) is 17.2 Å². The van der Waals surface area contributed by atoms with E-state index in [1.54, 1.807) is 0 Å². The highest BCUT2D eigenvalue weighted by atomic mass is 35.5. The van der Waals surface area contributed by atoms with E-state index in [0.29, 0.717) is 16.5 Å². The van der Waals surface area contributed by atoms with Crippen molar-refractivity contribution in [2.75, 3.05) is 0 Å². The molecule has 1 aliphatic carbocycles. The zero-order valence-corrected chi connectivity index (χ0v) is 10.3. The minimum Gasteiger partial charge on any atom is -0.349 e. The Bertz CT molecular complexity index is 416. The van der Waals surface area contributed by atoms with Crippen molar-refractivity contribution in [1.82, 2.24) is 10.3 Å². The highest BCUT2D eigenvalue weighted by Gasteiger charge is 2.27. The number of amides is 1. The Labute approximate surface area is 104 Å². The summed E-state index contributed by atoms with van der Waals surface area (Å²) >= 11 is 11.6. The lowest BCUT2D eigenvalue weighted by Crippen LogP contribution is -2.43. The first-order valence-corrected chi connectivity index (χ1v) is 5.93. The Morgan fingerprint density at radius 2 is 2.19 bits per heavy atom. The number of aromatic nitrogens is 1. The number of nitrogens with zero attached hydrogens (tertiary/aromatic N) is 1. The second kappa shape index (κ2) is 4.60. The summed E-state index contributed by atoms with van der Waals surface area (Å²) < 4.78 is 0. The summed E-state index contributed by atoms with van der Waals surface area (Å²) in [6.45, 7) is 2.17. The smallest absolute Gasteiger partial charge is 0.253 e. The second-order valence-corrected chi connectivity index (χ2v) is 5.03. The van der Waals surface area contributed by atoms with Crippen molar-refractivity contribution in [3.05, 3.63) is 28.0 Å². The van der Waals surface area contributed by atoms with Gasteiger partial charge >= 0.3 is 0 Å². The quantitative estimate of drug-likeness (QED) is 0.830. The van der Waals surface area contributed by atoms with Crippen LogP contribution in [0.15, 0.2) is 12.3 Å². The lowest BCUT2D eigenvalue weighted by atomic mass is 9.82. The van der Waals surface area contributed by atoms with E-state index in [1.165, 1.54) is 12.3 Å². The average molecular weight is 259 g/mol. The van der Waals surface area contributed by atoms with E-state index in [1.807, 2.05) is 0 Å². The molecule has 5 heteroatoms. The number of pyridine rings is 1. The number of rotatable bonds is 2. The standard InChI is InChI=1S/C11H12Cl2N2O/c1-6-2-7(3-6)15-11(16)8-4-10(13)14-5-9(8)12/h4-7H,2-3H2,1H3,(H,15,16). The van der Waals surface area contributed by atoms with Crippen LogP contribution in [0.4, 0.5) is 0 Å². The molecule has 2 rings (SSSR count). The van der Waals surface area contributed by atoms with Crippen LogP contribution in [0.5, 0.6) is 0 Å². The number of hydrogen-bond donors (Lipinski definition) is 1. The lowest BCUT2D eigenvalue weighted by molar-refractivity contribution is 0.0896. The van der Waals surface area contributed by atoms with Crippen molar-refractivity contribution in [3.63, 3.8) is 0 Å². The molecule has 0 spiro atoms. The molecule has 0 atom stereocenters. The number of nitrogens with one attached hydrogen (secondary N) is 1. The van der Waals surface area contributed by atoms with Gasteiger partial charge in [-0.1, -0.05) is 30.1 Å². The molecule has 1 aliphatic rings. The molecule has 1 heterocycles. The van der Waals surface area contributed by atoms with Gasteiger partial charge in [0.05, 0.1) is 10.6 Å². The van der Waals surface area contributed by atoms with Crippen LogP contribution in [0.3, 0.4) is 0 Å². The maximum atomic E-state index is 11.8. The van der Waals surface area contributed by atoms with Crippen molar-refractivity contribution in [2.24, 2.45) is 5.92 Å². The van der Waals surface area contributed by atoms with Gasteiger partial charge in [0.15, 0.2) is 0 Å². The summed E-state index contributed by atoms with van der Waals surface area (Å²) in [5, 5.41) is 3.52. The van der Waals surface area contributed by atoms with Gasteiger partial charge < -0.3 is 5.32 Å². The SMILES string of the molecule is CC1CC(NC(=O)c2cc(Cl)ncc2Cl)C1. The summed E-state index contributed by atoms with van der Waals surface area (Å²) in [6, 6.07) is 1.76. The minimum atomic E-state index is -0.175. The Morgan fingerprint density at radius 1 is 1.50 bits per heavy atom. The third-order valence-corrected chi connectivity index (χ3v) is 3.28. The van der Waals surface area contributed by atoms with E-state index in [-0.39, 0.29) is 17.1 Å². The Kier molecular flexibility index (Phi) is 3.36. The number of hydrogen-bond acceptors (Lipinski definition) is 2. The van der Waals surface area contributed by atoms with Gasteiger partial charge in [0.1, 0.15) is 5.15 Å². The number of carbonyl (C=O) groups excluding carboxylic acids is 1. The predicted molar refractivity (Wildman–Crippen MR) is 63.9 cm³/mol. The van der Waals surface area contributed by atoms with Crippen LogP contribution in [-0.2, 0) is 0 Å². The first kappa shape index (κ1) is 11.7. The van der Waals surface area contributed by atoms with Crippen LogP contribution in [0.2, 0.25) is 10.2 Å². The molecule has 86 valence electrons. The first-order valence-electron chi connectivity index (χ1n) is 5.18. The molecule has 0 aromatic carbocycles. The van der Waals surface area contributed by atoms with Crippen molar-refractivity contribution < 1.29 is 4.79 Å². The Hall–Kier alpha value is -0.800. The average Bonchev–Trinajstić information content (AvgIpc) is 2.19. The van der Waals surface area contributed by atoms with Gasteiger partial charge in [-0.15, -0.1) is 0 Å². The monoisotopic (exact) mass is 258 g/mol. The van der Waals surface area contributed by atoms with Gasteiger partial charge in [-0.3, -0.25) is 4.79 Å². The molecule has 1 aromatic heterocycles. The third-order valence-electron chi connectivity index (χ3n) is 2.78. The zero-order chi connectivity index (χ0) is 11.7. The second-order valence-electron chi connectivity index (χ2n) is 4.23. The van der Waals surface area contributed by atoms with Crippen LogP contribution in [0.1, 0.15) is 30.1 Å². The van der Waals surface area contributed by atoms with E-state index >= 15 is 0 Å². The maximum absolute atomic E-state index is 11.8. The predicted octanol–water partition coefficient (Wildman–Crippen LogP) is 2.92. The molecular formula is C11H12Cl2N2O. The molecule has 0 saturated heterocycles. The number of carbonyl (C=O) groups is 1. The molecular weight excluding hydrogens is 247 g/mol. The zero-order valence-electron chi connectivity index (χ0n) is 8.84. The highest BCUT2D eigenvalue weighted by molar-refractivity contribution is 6.35. The molecule has 1 saturated carbocycles. The van der Waals surface area contributed by atoms with Crippen LogP contribution < -0.4 is 5.32 Å². The maximum Gasteiger partial charge on any atom is 0.253 e. The fourth-order valence-electron chi connectivity index (χ4n) is 1.87. The van der Waals surface area contributed by atoms with E-state index in [9.17, 15) is 4.79 Å². The molecule has 3 nitrogen and oxygen atoms in total. The van der Waals surface area contributed by atoms with Gasteiger partial charge in [0, 0.05) is 12.2 Å². The van der Waals surface area contributed by atoms with E-state index in [4.69, 9.17) is 23.2 Å². The highest BCUT2D eigenvalue weighted by Crippen LogP contribution is 2.27. The normalized spacial score (nSPS) is 23.7. The van der Waals surface area contributed by atoms with Gasteiger partial charge in [0.25, 0.3) is 5.91 Å². The van der Waals surface area contributed by atoms with Gasteiger partial charge in [0.2, 0.25) is 0 Å². The molecule has 0 bridgehead atoms. The Balaban J connectivity index is 2.05. The van der Waals surface area contributed by atoms with Crippen molar-refractivity contribution in [3.8, 4) is 0 Å². The summed E-state index contributed by atoms with van der Waals surface area (Å²) in [5.74, 6) is 0.521. The summed E-state index contributed by atoms with van der Waals surface area (Å²) in [6.07, 6.45) is 3.45. The van der Waals surface area contributed by atoms with Crippen LogP contribution in [-0.4, -0.2) is 16.9 Å². The first-order chi connectivity index (χ1) is 7.56. The van der Waals surface area contributed by atoms with Crippen molar-refractivity contribution >= 4 is 29.1 Å². The van der Waals surface area contributed by atoms with Gasteiger partial charge in [-0.25, -0.2) is 4.98 Å². The topological polar surface area (TPSA) is 42.0 Å². The fraction of sp³-hybridized carbons (Fsp3) is 0.455. The summed E-state index contributed by atoms with van der Waals surface area (Å²) in [5.41, 5.74) is 0.390. The van der Waals surface area contributed by atoms with Crippen LogP contribution in [0, 0.1) is 5.92 Å². The Morgan fingerprint density at radius 3 is 2.81 bits per heavy atom. The molecule has 0 unspecified atom stereocenters. The van der Waals surface area contributed by atoms with Crippen molar-refractivity contribution in [2.45, 2.75) is 25.8 Å². The van der Waals surface area contributed by atoms with Crippen LogP contribution >= 0.6 is 23.2 Å². The van der Waals surface area contributed by atoms with E-state index < -0.39 is 0 Å². The van der Waals surface area contributed by atoms with Crippen LogP contribution in [0.25, 0.3) is 0 Å². The molecule has 1 amide bonds. The summed E-state index contributed by atoms with van der Waals surface area (Å²) in [4.78, 5) is 15.6. The van der Waals surface area contributed by atoms with Gasteiger partial charge in [-0.05, 0) is 24.8 Å². The third kappa shape index (κ3) is 2.47. The van der Waals surface area contributed by atoms with Gasteiger partial charge in [-0.2, -0.15) is 0 Å². The molecule has 1 aromatic rings. The van der Waals surface area contributed by atoms with Crippen molar-refractivity contribution in [1.29, 1.82) is 0 Å². The molecule has 1 fully saturated rings. The molecule has 0 aliphatic heterocycles. The molecule has 0 radical (unpaired) electrons. The fourth-order valence-corrected chi connectivity index (χ4v) is 2.22. The lowest BCUT2D eigenvalue weighted by Gasteiger charge is -2.33. The molecule has 16 heavy (non-hydrogen) atoms. The largest absolute Gasteiger partial charge is 0.349 e. The molecule has 1 N–H and O–H groups in total. The minimum absolute atomic E-state index is 0.175. The van der Waals surface area contributed by atoms with E-state index in [0.717, 1.165) is 12.8 Å². The summed E-state index contributed by atoms with van der Waals surface area (Å²) in [7, 11) is 0. The number of halogens is 2.